The van der Waals surface area contributed by atoms with Crippen molar-refractivity contribution in [2.24, 2.45) is 0 Å². The number of amides is 1. The maximum atomic E-state index is 12.1. The minimum absolute atomic E-state index is 0.0217. The third-order valence-electron chi connectivity index (χ3n) is 2.86. The van der Waals surface area contributed by atoms with Crippen molar-refractivity contribution >= 4 is 17.3 Å². The first-order valence-electron chi connectivity index (χ1n) is 6.08. The van der Waals surface area contributed by atoms with Crippen LogP contribution < -0.4 is 11.1 Å². The number of carbonyl (C=O) groups is 1. The zero-order valence-corrected chi connectivity index (χ0v) is 11.1. The van der Waals surface area contributed by atoms with E-state index < -0.39 is 0 Å². The van der Waals surface area contributed by atoms with Gasteiger partial charge < -0.3 is 20.9 Å². The second-order valence-corrected chi connectivity index (χ2v) is 4.32. The Morgan fingerprint density at radius 3 is 2.75 bits per heavy atom. The number of carbonyl (C=O) groups excluding carboxylic acids is 1. The molecule has 5 heteroatoms. The lowest BCUT2D eigenvalue weighted by atomic mass is 10.1. The van der Waals surface area contributed by atoms with E-state index in [0.29, 0.717) is 23.5 Å². The number of hydrogen-bond acceptors (Lipinski definition) is 4. The number of nitrogens with two attached hydrogens (primary N) is 1. The van der Waals surface area contributed by atoms with E-state index in [0.717, 1.165) is 5.56 Å². The number of phenols is 1. The van der Waals surface area contributed by atoms with Gasteiger partial charge in [0.25, 0.3) is 5.91 Å². The van der Waals surface area contributed by atoms with Gasteiger partial charge in [-0.1, -0.05) is 12.1 Å². The van der Waals surface area contributed by atoms with Crippen molar-refractivity contribution < 1.29 is 14.6 Å². The Hall–Kier alpha value is -2.53. The van der Waals surface area contributed by atoms with E-state index in [-0.39, 0.29) is 11.7 Å². The number of aromatic hydroxyl groups is 1. The van der Waals surface area contributed by atoms with Crippen LogP contribution in [0.25, 0.3) is 0 Å². The highest BCUT2D eigenvalue weighted by Gasteiger charge is 2.10. The van der Waals surface area contributed by atoms with Crippen molar-refractivity contribution in [1.82, 2.24) is 0 Å². The molecule has 0 saturated carbocycles. The number of methoxy groups -OCH3 is 1. The van der Waals surface area contributed by atoms with Crippen LogP contribution in [0.15, 0.2) is 42.5 Å². The van der Waals surface area contributed by atoms with Crippen LogP contribution in [0.2, 0.25) is 0 Å². The minimum atomic E-state index is -0.316. The fourth-order valence-corrected chi connectivity index (χ4v) is 1.80. The summed E-state index contributed by atoms with van der Waals surface area (Å²) in [5.41, 5.74) is 7.94. The van der Waals surface area contributed by atoms with Gasteiger partial charge in [0.1, 0.15) is 5.75 Å². The molecular weight excluding hydrogens is 256 g/mol. The van der Waals surface area contributed by atoms with E-state index in [1.54, 1.807) is 43.5 Å². The van der Waals surface area contributed by atoms with E-state index in [1.807, 2.05) is 0 Å². The highest BCUT2D eigenvalue weighted by atomic mass is 16.5. The SMILES string of the molecule is COCc1cc(C(=O)Nc2ccccc2O)ccc1N. The van der Waals surface area contributed by atoms with Gasteiger partial charge in [-0.25, -0.2) is 0 Å². The fraction of sp³-hybridized carbons (Fsp3) is 0.133. The van der Waals surface area contributed by atoms with Gasteiger partial charge in [-0.05, 0) is 30.3 Å². The van der Waals surface area contributed by atoms with Gasteiger partial charge in [0.15, 0.2) is 0 Å². The van der Waals surface area contributed by atoms with E-state index in [4.69, 9.17) is 10.5 Å². The van der Waals surface area contributed by atoms with Crippen molar-refractivity contribution in [3.8, 4) is 5.75 Å². The Bertz CT molecular complexity index is 626. The monoisotopic (exact) mass is 272 g/mol. The Kier molecular flexibility index (Phi) is 4.22. The van der Waals surface area contributed by atoms with Crippen LogP contribution in [0.4, 0.5) is 11.4 Å². The predicted octanol–water partition coefficient (Wildman–Crippen LogP) is 2.37. The summed E-state index contributed by atoms with van der Waals surface area (Å²) >= 11 is 0. The molecule has 20 heavy (non-hydrogen) atoms. The summed E-state index contributed by atoms with van der Waals surface area (Å²) < 4.78 is 5.03. The maximum absolute atomic E-state index is 12.1. The second kappa shape index (κ2) is 6.08. The van der Waals surface area contributed by atoms with Gasteiger partial charge in [-0.3, -0.25) is 4.79 Å². The van der Waals surface area contributed by atoms with E-state index in [9.17, 15) is 9.90 Å². The highest BCUT2D eigenvalue weighted by Crippen LogP contribution is 2.23. The molecule has 1 amide bonds. The van der Waals surface area contributed by atoms with Crippen molar-refractivity contribution in [2.45, 2.75) is 6.61 Å². The van der Waals surface area contributed by atoms with Gasteiger partial charge in [0, 0.05) is 23.9 Å². The van der Waals surface area contributed by atoms with Crippen LogP contribution >= 0.6 is 0 Å². The number of nitrogens with one attached hydrogen (secondary N) is 1. The number of rotatable bonds is 4. The Balaban J connectivity index is 2.21. The average molecular weight is 272 g/mol. The molecule has 0 bridgehead atoms. The predicted molar refractivity (Wildman–Crippen MR) is 77.6 cm³/mol. The fourth-order valence-electron chi connectivity index (χ4n) is 1.80. The van der Waals surface area contributed by atoms with Crippen LogP contribution in [0.1, 0.15) is 15.9 Å². The zero-order chi connectivity index (χ0) is 14.5. The molecule has 0 aromatic heterocycles. The van der Waals surface area contributed by atoms with Crippen LogP contribution in [0, 0.1) is 0 Å². The molecule has 4 N–H and O–H groups in total. The third kappa shape index (κ3) is 3.07. The topological polar surface area (TPSA) is 84.6 Å². The van der Waals surface area contributed by atoms with Gasteiger partial charge >= 0.3 is 0 Å². The number of phenolic OH excluding ortho intramolecular Hbond substituents is 1. The quantitative estimate of drug-likeness (QED) is 0.589. The summed E-state index contributed by atoms with van der Waals surface area (Å²) in [6.07, 6.45) is 0. The minimum Gasteiger partial charge on any atom is -0.506 e. The van der Waals surface area contributed by atoms with E-state index >= 15 is 0 Å². The second-order valence-electron chi connectivity index (χ2n) is 4.32. The molecule has 104 valence electrons. The standard InChI is InChI=1S/C15H16N2O3/c1-20-9-11-8-10(6-7-12(11)16)15(19)17-13-4-2-3-5-14(13)18/h2-8,18H,9,16H2,1H3,(H,17,19). The smallest absolute Gasteiger partial charge is 0.255 e. The highest BCUT2D eigenvalue weighted by molar-refractivity contribution is 6.05. The first-order chi connectivity index (χ1) is 9.61. The Labute approximate surface area is 117 Å². The molecule has 0 unspecified atom stereocenters. The molecule has 0 aliphatic rings. The zero-order valence-electron chi connectivity index (χ0n) is 11.1. The summed E-state index contributed by atoms with van der Waals surface area (Å²) in [6.45, 7) is 0.337. The van der Waals surface area contributed by atoms with Crippen molar-refractivity contribution in [3.05, 3.63) is 53.6 Å². The molecule has 0 fully saturated rings. The molecule has 5 nitrogen and oxygen atoms in total. The molecule has 0 atom stereocenters. The Morgan fingerprint density at radius 2 is 2.05 bits per heavy atom. The number of nitrogen functional groups attached to an aromatic ring is 1. The van der Waals surface area contributed by atoms with E-state index in [2.05, 4.69) is 5.32 Å². The number of benzene rings is 2. The van der Waals surface area contributed by atoms with Gasteiger partial charge in [0.2, 0.25) is 0 Å². The largest absolute Gasteiger partial charge is 0.506 e. The molecular formula is C15H16N2O3. The number of para-hydroxylation sites is 2. The molecule has 0 radical (unpaired) electrons. The van der Waals surface area contributed by atoms with Gasteiger partial charge in [0.05, 0.1) is 12.3 Å². The first kappa shape index (κ1) is 13.9. The third-order valence-corrected chi connectivity index (χ3v) is 2.86. The first-order valence-corrected chi connectivity index (χ1v) is 6.08. The molecule has 0 heterocycles. The number of ether oxygens (including phenoxy) is 1. The lowest BCUT2D eigenvalue weighted by Gasteiger charge is -2.09. The van der Waals surface area contributed by atoms with Crippen LogP contribution in [-0.4, -0.2) is 18.1 Å². The average Bonchev–Trinajstić information content (AvgIpc) is 2.44. The van der Waals surface area contributed by atoms with Crippen LogP contribution in [0.5, 0.6) is 5.75 Å². The number of anilines is 2. The normalized spacial score (nSPS) is 10.2. The summed E-state index contributed by atoms with van der Waals surface area (Å²) in [5.74, 6) is -0.294. The summed E-state index contributed by atoms with van der Waals surface area (Å²) in [6, 6.07) is 11.5. The Morgan fingerprint density at radius 1 is 1.30 bits per heavy atom. The van der Waals surface area contributed by atoms with Crippen LogP contribution in [0.3, 0.4) is 0 Å². The molecule has 0 spiro atoms. The molecule has 2 rings (SSSR count). The van der Waals surface area contributed by atoms with Crippen molar-refractivity contribution in [1.29, 1.82) is 0 Å². The van der Waals surface area contributed by atoms with Gasteiger partial charge in [-0.2, -0.15) is 0 Å². The maximum Gasteiger partial charge on any atom is 0.255 e. The molecule has 2 aromatic rings. The summed E-state index contributed by atoms with van der Waals surface area (Å²) in [7, 11) is 1.56. The lowest BCUT2D eigenvalue weighted by Crippen LogP contribution is -2.13. The van der Waals surface area contributed by atoms with Crippen LogP contribution in [-0.2, 0) is 11.3 Å². The number of hydrogen-bond donors (Lipinski definition) is 3. The molecule has 2 aromatic carbocycles. The lowest BCUT2D eigenvalue weighted by molar-refractivity contribution is 0.102. The summed E-state index contributed by atoms with van der Waals surface area (Å²) in [5, 5.41) is 12.3. The molecule has 0 aliphatic heterocycles. The summed E-state index contributed by atoms with van der Waals surface area (Å²) in [4.78, 5) is 12.1. The van der Waals surface area contributed by atoms with E-state index in [1.165, 1.54) is 6.07 Å². The molecule has 0 saturated heterocycles. The van der Waals surface area contributed by atoms with Crippen molar-refractivity contribution in [3.63, 3.8) is 0 Å². The molecule has 0 aliphatic carbocycles. The van der Waals surface area contributed by atoms with Crippen molar-refractivity contribution in [2.75, 3.05) is 18.2 Å². The van der Waals surface area contributed by atoms with Gasteiger partial charge in [-0.15, -0.1) is 0 Å².